The fraction of sp³-hybridized carbons (Fsp3) is 0.600. The molecule has 28 heavy (non-hydrogen) atoms. The highest BCUT2D eigenvalue weighted by molar-refractivity contribution is 5.78. The number of aryl methyl sites for hydroxylation is 1. The van der Waals surface area contributed by atoms with Crippen molar-refractivity contribution >= 4 is 11.7 Å². The molecule has 0 unspecified atom stereocenters. The van der Waals surface area contributed by atoms with Crippen LogP contribution in [0.1, 0.15) is 32.1 Å². The lowest BCUT2D eigenvalue weighted by molar-refractivity contribution is -0.123. The first-order valence-corrected chi connectivity index (χ1v) is 10.2. The summed E-state index contributed by atoms with van der Waals surface area (Å²) in [6.45, 7) is 3.91. The van der Waals surface area contributed by atoms with E-state index in [4.69, 9.17) is 4.98 Å². The highest BCUT2D eigenvalue weighted by atomic mass is 16.2. The van der Waals surface area contributed by atoms with Gasteiger partial charge in [-0.15, -0.1) is 0 Å². The molecule has 0 radical (unpaired) electrons. The van der Waals surface area contributed by atoms with Crippen LogP contribution in [0.3, 0.4) is 0 Å². The number of nitrogens with one attached hydrogen (secondary N) is 1. The number of hydrogen-bond donors (Lipinski definition) is 1. The third-order valence-corrected chi connectivity index (χ3v) is 5.66. The highest BCUT2D eigenvalue weighted by Crippen LogP contribution is 2.20. The fourth-order valence-electron chi connectivity index (χ4n) is 4.06. The SMILES string of the molecule is Cn1cc(-c2cncc(N3CCN(CC(=O)NC4CCCCC4)CC3)n2)cn1. The summed E-state index contributed by atoms with van der Waals surface area (Å²) in [7, 11) is 1.89. The van der Waals surface area contributed by atoms with Crippen LogP contribution in [0, 0.1) is 0 Å². The lowest BCUT2D eigenvalue weighted by atomic mass is 9.95. The standard InChI is InChI=1S/C20H29N7O/c1-25-14-16(11-22-25)18-12-21-13-19(24-18)27-9-7-26(8-10-27)15-20(28)23-17-5-3-2-4-6-17/h11-14,17H,2-10,15H2,1H3,(H,23,28). The van der Waals surface area contributed by atoms with Crippen LogP contribution in [-0.4, -0.2) is 69.3 Å². The molecule has 1 saturated heterocycles. The number of carbonyl (C=O) groups is 1. The van der Waals surface area contributed by atoms with Crippen molar-refractivity contribution in [3.8, 4) is 11.3 Å². The summed E-state index contributed by atoms with van der Waals surface area (Å²) in [6, 6.07) is 0.382. The van der Waals surface area contributed by atoms with Crippen LogP contribution in [0.2, 0.25) is 0 Å². The van der Waals surface area contributed by atoms with Crippen molar-refractivity contribution in [2.24, 2.45) is 7.05 Å². The monoisotopic (exact) mass is 383 g/mol. The van der Waals surface area contributed by atoms with Crippen molar-refractivity contribution in [1.29, 1.82) is 0 Å². The second kappa shape index (κ2) is 8.68. The van der Waals surface area contributed by atoms with E-state index in [-0.39, 0.29) is 5.91 Å². The first-order chi connectivity index (χ1) is 13.7. The van der Waals surface area contributed by atoms with E-state index >= 15 is 0 Å². The topological polar surface area (TPSA) is 79.2 Å². The third kappa shape index (κ3) is 4.67. The minimum absolute atomic E-state index is 0.165. The van der Waals surface area contributed by atoms with Crippen molar-refractivity contribution < 1.29 is 4.79 Å². The molecule has 3 heterocycles. The van der Waals surface area contributed by atoms with E-state index < -0.39 is 0 Å². The average molecular weight is 384 g/mol. The minimum atomic E-state index is 0.165. The number of aromatic nitrogens is 4. The summed E-state index contributed by atoms with van der Waals surface area (Å²) in [4.78, 5) is 25.9. The lowest BCUT2D eigenvalue weighted by Crippen LogP contribution is -2.51. The summed E-state index contributed by atoms with van der Waals surface area (Å²) in [5, 5.41) is 7.42. The molecule has 2 fully saturated rings. The smallest absolute Gasteiger partial charge is 0.234 e. The van der Waals surface area contributed by atoms with Gasteiger partial charge in [0.1, 0.15) is 5.82 Å². The lowest BCUT2D eigenvalue weighted by Gasteiger charge is -2.35. The molecule has 0 spiro atoms. The van der Waals surface area contributed by atoms with E-state index in [0.29, 0.717) is 12.6 Å². The molecule has 4 rings (SSSR count). The van der Waals surface area contributed by atoms with Crippen LogP contribution in [-0.2, 0) is 11.8 Å². The Morgan fingerprint density at radius 1 is 1.11 bits per heavy atom. The number of hydrogen-bond acceptors (Lipinski definition) is 6. The van der Waals surface area contributed by atoms with Crippen LogP contribution in [0.25, 0.3) is 11.3 Å². The molecule has 0 atom stereocenters. The average Bonchev–Trinajstić information content (AvgIpc) is 3.16. The molecule has 2 aromatic heterocycles. The Labute approximate surface area is 165 Å². The van der Waals surface area contributed by atoms with Gasteiger partial charge in [-0.05, 0) is 12.8 Å². The van der Waals surface area contributed by atoms with Gasteiger partial charge in [0.25, 0.3) is 0 Å². The molecule has 0 aromatic carbocycles. The number of anilines is 1. The second-order valence-electron chi connectivity index (χ2n) is 7.83. The first-order valence-electron chi connectivity index (χ1n) is 10.2. The molecule has 1 aliphatic carbocycles. The van der Waals surface area contributed by atoms with Crippen molar-refractivity contribution in [1.82, 2.24) is 30.0 Å². The van der Waals surface area contributed by atoms with E-state index in [2.05, 4.69) is 25.2 Å². The number of amides is 1. The zero-order valence-electron chi connectivity index (χ0n) is 16.5. The molecule has 8 nitrogen and oxygen atoms in total. The summed E-state index contributed by atoms with van der Waals surface area (Å²) >= 11 is 0. The highest BCUT2D eigenvalue weighted by Gasteiger charge is 2.22. The molecule has 0 bridgehead atoms. The van der Waals surface area contributed by atoms with E-state index in [1.54, 1.807) is 17.1 Å². The van der Waals surface area contributed by atoms with Crippen LogP contribution < -0.4 is 10.2 Å². The number of carbonyl (C=O) groups excluding carboxylic acids is 1. The molecule has 1 saturated carbocycles. The number of nitrogens with zero attached hydrogens (tertiary/aromatic N) is 6. The summed E-state index contributed by atoms with van der Waals surface area (Å²) in [5.74, 6) is 1.05. The van der Waals surface area contributed by atoms with Gasteiger partial charge >= 0.3 is 0 Å². The van der Waals surface area contributed by atoms with E-state index in [1.807, 2.05) is 19.4 Å². The Morgan fingerprint density at radius 2 is 1.89 bits per heavy atom. The quantitative estimate of drug-likeness (QED) is 0.842. The molecular formula is C20H29N7O. The molecule has 8 heteroatoms. The maximum Gasteiger partial charge on any atom is 0.234 e. The van der Waals surface area contributed by atoms with E-state index in [1.165, 1.54) is 19.3 Å². The molecule has 1 N–H and O–H groups in total. The zero-order chi connectivity index (χ0) is 19.3. The van der Waals surface area contributed by atoms with Gasteiger partial charge in [0.05, 0.1) is 30.8 Å². The summed E-state index contributed by atoms with van der Waals surface area (Å²) < 4.78 is 1.76. The Hall–Kier alpha value is -2.48. The Bertz CT molecular complexity index is 791. The first kappa shape index (κ1) is 18.9. The molecule has 1 amide bonds. The van der Waals surface area contributed by atoms with Crippen molar-refractivity contribution in [2.45, 2.75) is 38.1 Å². The van der Waals surface area contributed by atoms with Crippen molar-refractivity contribution in [3.05, 3.63) is 24.8 Å². The van der Waals surface area contributed by atoms with Crippen molar-refractivity contribution in [2.75, 3.05) is 37.6 Å². The molecule has 1 aliphatic heterocycles. The molecular weight excluding hydrogens is 354 g/mol. The predicted molar refractivity (Wildman–Crippen MR) is 108 cm³/mol. The van der Waals surface area contributed by atoms with Gasteiger partial charge in [0, 0.05) is 51.0 Å². The maximum absolute atomic E-state index is 12.3. The van der Waals surface area contributed by atoms with Crippen LogP contribution >= 0.6 is 0 Å². The molecule has 150 valence electrons. The van der Waals surface area contributed by atoms with Gasteiger partial charge < -0.3 is 10.2 Å². The Morgan fingerprint density at radius 3 is 2.61 bits per heavy atom. The van der Waals surface area contributed by atoms with Gasteiger partial charge in [-0.1, -0.05) is 19.3 Å². The van der Waals surface area contributed by atoms with E-state index in [9.17, 15) is 4.79 Å². The van der Waals surface area contributed by atoms with Gasteiger partial charge in [-0.2, -0.15) is 5.10 Å². The predicted octanol–water partition coefficient (Wildman–Crippen LogP) is 1.45. The summed E-state index contributed by atoms with van der Waals surface area (Å²) in [6.07, 6.45) is 13.4. The second-order valence-corrected chi connectivity index (χ2v) is 7.83. The van der Waals surface area contributed by atoms with Crippen LogP contribution in [0.5, 0.6) is 0 Å². The minimum Gasteiger partial charge on any atom is -0.353 e. The Kier molecular flexibility index (Phi) is 5.85. The third-order valence-electron chi connectivity index (χ3n) is 5.66. The normalized spacial score (nSPS) is 19.0. The zero-order valence-corrected chi connectivity index (χ0v) is 16.5. The van der Waals surface area contributed by atoms with Crippen molar-refractivity contribution in [3.63, 3.8) is 0 Å². The van der Waals surface area contributed by atoms with Gasteiger partial charge in [-0.25, -0.2) is 4.98 Å². The van der Waals surface area contributed by atoms with Gasteiger partial charge in [0.15, 0.2) is 0 Å². The molecule has 2 aromatic rings. The van der Waals surface area contributed by atoms with Crippen LogP contribution in [0.15, 0.2) is 24.8 Å². The Balaban J connectivity index is 1.28. The van der Waals surface area contributed by atoms with Gasteiger partial charge in [-0.3, -0.25) is 19.4 Å². The fourth-order valence-corrected chi connectivity index (χ4v) is 4.06. The van der Waals surface area contributed by atoms with Crippen LogP contribution in [0.4, 0.5) is 5.82 Å². The summed E-state index contributed by atoms with van der Waals surface area (Å²) in [5.41, 5.74) is 1.80. The van der Waals surface area contributed by atoms with Gasteiger partial charge in [0.2, 0.25) is 5.91 Å². The largest absolute Gasteiger partial charge is 0.353 e. The maximum atomic E-state index is 12.3. The van der Waals surface area contributed by atoms with E-state index in [0.717, 1.165) is 56.1 Å². The molecule has 2 aliphatic rings. The number of piperazine rings is 1. The number of rotatable bonds is 5.